The fourth-order valence-corrected chi connectivity index (χ4v) is 3.74. The third-order valence-electron chi connectivity index (χ3n) is 2.97. The number of nitrogens with one attached hydrogen (secondary N) is 1. The van der Waals surface area contributed by atoms with Gasteiger partial charge >= 0.3 is 0 Å². The molecule has 1 aromatic carbocycles. The molecule has 0 fully saturated rings. The van der Waals surface area contributed by atoms with E-state index < -0.39 is 10.0 Å². The quantitative estimate of drug-likeness (QED) is 0.822. The van der Waals surface area contributed by atoms with Gasteiger partial charge in [-0.1, -0.05) is 0 Å². The fourth-order valence-electron chi connectivity index (χ4n) is 1.80. The van der Waals surface area contributed by atoms with Gasteiger partial charge in [0, 0.05) is 11.4 Å². The highest BCUT2D eigenvalue weighted by atomic mass is 32.2. The van der Waals surface area contributed by atoms with Crippen LogP contribution < -0.4 is 4.72 Å². The van der Waals surface area contributed by atoms with Gasteiger partial charge in [-0.2, -0.15) is 5.26 Å². The minimum Gasteiger partial charge on any atom is -0.294 e. The van der Waals surface area contributed by atoms with Gasteiger partial charge in [-0.25, -0.2) is 13.1 Å². The van der Waals surface area contributed by atoms with E-state index in [9.17, 15) is 13.2 Å². The average molecular weight is 334 g/mol. The molecule has 0 bridgehead atoms. The zero-order chi connectivity index (χ0) is 16.2. The normalized spacial score (nSPS) is 11.1. The maximum atomic E-state index is 12.1. The molecule has 2 aromatic rings. The summed E-state index contributed by atoms with van der Waals surface area (Å²) in [6.45, 7) is 1.75. The molecule has 0 aliphatic heterocycles. The van der Waals surface area contributed by atoms with Crippen molar-refractivity contribution in [3.05, 3.63) is 51.7 Å². The highest BCUT2D eigenvalue weighted by Crippen LogP contribution is 2.17. The molecule has 0 spiro atoms. The van der Waals surface area contributed by atoms with E-state index in [2.05, 4.69) is 4.72 Å². The first-order valence-electron chi connectivity index (χ1n) is 6.52. The molecule has 22 heavy (non-hydrogen) atoms. The second-order valence-corrected chi connectivity index (χ2v) is 7.54. The van der Waals surface area contributed by atoms with Gasteiger partial charge in [-0.3, -0.25) is 4.79 Å². The predicted molar refractivity (Wildman–Crippen MR) is 84.4 cm³/mol. The summed E-state index contributed by atoms with van der Waals surface area (Å²) < 4.78 is 26.7. The number of Topliss-reactive ketones (excluding diaryl/α,β-unsaturated/α-hetero) is 1. The number of sulfonamides is 1. The Morgan fingerprint density at radius 1 is 1.23 bits per heavy atom. The van der Waals surface area contributed by atoms with E-state index in [1.165, 1.54) is 42.5 Å². The number of rotatable bonds is 6. The Kier molecular flexibility index (Phi) is 5.08. The summed E-state index contributed by atoms with van der Waals surface area (Å²) in [4.78, 5) is 13.0. The van der Waals surface area contributed by atoms with E-state index in [1.807, 2.05) is 12.1 Å². The van der Waals surface area contributed by atoms with Gasteiger partial charge in [0.15, 0.2) is 5.78 Å². The van der Waals surface area contributed by atoms with Gasteiger partial charge in [-0.15, -0.1) is 11.3 Å². The Morgan fingerprint density at radius 3 is 2.45 bits per heavy atom. The molecule has 2 rings (SSSR count). The number of thiophene rings is 1. The summed E-state index contributed by atoms with van der Waals surface area (Å²) in [7, 11) is -3.59. The van der Waals surface area contributed by atoms with Crippen molar-refractivity contribution in [1.29, 1.82) is 5.26 Å². The highest BCUT2D eigenvalue weighted by molar-refractivity contribution is 7.89. The molecule has 0 atom stereocenters. The van der Waals surface area contributed by atoms with Crippen LogP contribution in [0.25, 0.3) is 0 Å². The molecule has 0 saturated heterocycles. The predicted octanol–water partition coefficient (Wildman–Crippen LogP) is 2.34. The number of ketones is 1. The summed E-state index contributed by atoms with van der Waals surface area (Å²) in [6, 6.07) is 11.3. The SMILES string of the molecule is CC(=O)c1ccc(CCNS(=O)(=O)c2ccc(C#N)cc2)s1. The van der Waals surface area contributed by atoms with Gasteiger partial charge in [-0.05, 0) is 49.7 Å². The molecule has 0 radical (unpaired) electrons. The Balaban J connectivity index is 1.97. The van der Waals surface area contributed by atoms with Gasteiger partial charge in [0.1, 0.15) is 0 Å². The first-order chi connectivity index (χ1) is 10.4. The van der Waals surface area contributed by atoms with E-state index >= 15 is 0 Å². The molecular weight excluding hydrogens is 320 g/mol. The lowest BCUT2D eigenvalue weighted by molar-refractivity contribution is 0.102. The van der Waals surface area contributed by atoms with Crippen LogP contribution >= 0.6 is 11.3 Å². The van der Waals surface area contributed by atoms with Crippen molar-refractivity contribution in [2.75, 3.05) is 6.54 Å². The molecule has 1 heterocycles. The maximum Gasteiger partial charge on any atom is 0.240 e. The van der Waals surface area contributed by atoms with Crippen molar-refractivity contribution >= 4 is 27.1 Å². The first kappa shape index (κ1) is 16.4. The van der Waals surface area contributed by atoms with Crippen LogP contribution in [0.4, 0.5) is 0 Å². The number of benzene rings is 1. The number of hydrogen-bond donors (Lipinski definition) is 1. The fraction of sp³-hybridized carbons (Fsp3) is 0.200. The number of carbonyl (C=O) groups excluding carboxylic acids is 1. The maximum absolute atomic E-state index is 12.1. The van der Waals surface area contributed by atoms with Crippen molar-refractivity contribution < 1.29 is 13.2 Å². The molecule has 114 valence electrons. The van der Waals surface area contributed by atoms with Crippen LogP contribution in [0.5, 0.6) is 0 Å². The number of hydrogen-bond acceptors (Lipinski definition) is 5. The topological polar surface area (TPSA) is 87.0 Å². The van der Waals surface area contributed by atoms with E-state index in [0.29, 0.717) is 16.9 Å². The lowest BCUT2D eigenvalue weighted by Crippen LogP contribution is -2.25. The van der Waals surface area contributed by atoms with Crippen LogP contribution in [-0.2, 0) is 16.4 Å². The van der Waals surface area contributed by atoms with Gasteiger partial charge in [0.25, 0.3) is 0 Å². The van der Waals surface area contributed by atoms with Gasteiger partial charge in [0.2, 0.25) is 10.0 Å². The Morgan fingerprint density at radius 2 is 1.91 bits per heavy atom. The Bertz CT molecular complexity index is 815. The summed E-state index contributed by atoms with van der Waals surface area (Å²) in [5, 5.41) is 8.70. The molecule has 0 unspecified atom stereocenters. The number of carbonyl (C=O) groups is 1. The second kappa shape index (κ2) is 6.83. The monoisotopic (exact) mass is 334 g/mol. The summed E-state index contributed by atoms with van der Waals surface area (Å²) >= 11 is 1.37. The van der Waals surface area contributed by atoms with Crippen LogP contribution in [0.2, 0.25) is 0 Å². The first-order valence-corrected chi connectivity index (χ1v) is 8.82. The van der Waals surface area contributed by atoms with E-state index in [4.69, 9.17) is 5.26 Å². The molecule has 0 amide bonds. The van der Waals surface area contributed by atoms with Gasteiger partial charge < -0.3 is 0 Å². The van der Waals surface area contributed by atoms with Crippen molar-refractivity contribution in [3.8, 4) is 6.07 Å². The molecule has 0 saturated carbocycles. The minimum atomic E-state index is -3.59. The zero-order valence-electron chi connectivity index (χ0n) is 11.9. The molecule has 1 N–H and O–H groups in total. The van der Waals surface area contributed by atoms with E-state index in [0.717, 1.165) is 4.88 Å². The second-order valence-electron chi connectivity index (χ2n) is 4.61. The molecule has 5 nitrogen and oxygen atoms in total. The van der Waals surface area contributed by atoms with Crippen LogP contribution in [0.1, 0.15) is 27.0 Å². The average Bonchev–Trinajstić information content (AvgIpc) is 2.96. The number of nitriles is 1. The van der Waals surface area contributed by atoms with Crippen LogP contribution in [0, 0.1) is 11.3 Å². The largest absolute Gasteiger partial charge is 0.294 e. The number of nitrogens with zero attached hydrogens (tertiary/aromatic N) is 1. The Hall–Kier alpha value is -2.01. The van der Waals surface area contributed by atoms with Crippen LogP contribution in [0.3, 0.4) is 0 Å². The van der Waals surface area contributed by atoms with Crippen LogP contribution in [0.15, 0.2) is 41.3 Å². The van der Waals surface area contributed by atoms with Crippen molar-refractivity contribution in [2.45, 2.75) is 18.2 Å². The molecule has 0 aliphatic rings. The third-order valence-corrected chi connectivity index (χ3v) is 5.69. The summed E-state index contributed by atoms with van der Waals surface area (Å²) in [5.74, 6) is 0.00872. The van der Waals surface area contributed by atoms with Crippen molar-refractivity contribution in [3.63, 3.8) is 0 Å². The summed E-state index contributed by atoms with van der Waals surface area (Å²) in [5.41, 5.74) is 0.411. The zero-order valence-corrected chi connectivity index (χ0v) is 13.5. The lowest BCUT2D eigenvalue weighted by atomic mass is 10.2. The minimum absolute atomic E-state index is 0.00872. The molecule has 0 aliphatic carbocycles. The molecule has 7 heteroatoms. The van der Waals surface area contributed by atoms with E-state index in [1.54, 1.807) is 6.07 Å². The highest BCUT2D eigenvalue weighted by Gasteiger charge is 2.13. The van der Waals surface area contributed by atoms with Crippen LogP contribution in [-0.4, -0.2) is 20.7 Å². The smallest absolute Gasteiger partial charge is 0.240 e. The molecule has 1 aromatic heterocycles. The standard InChI is InChI=1S/C15H14N2O3S2/c1-11(18)15-7-4-13(21-15)8-9-17-22(19,20)14-5-2-12(10-16)3-6-14/h2-7,17H,8-9H2,1H3. The van der Waals surface area contributed by atoms with Gasteiger partial charge in [0.05, 0.1) is 21.4 Å². The van der Waals surface area contributed by atoms with Crippen molar-refractivity contribution in [2.24, 2.45) is 0 Å². The Labute approximate surface area is 133 Å². The lowest BCUT2D eigenvalue weighted by Gasteiger charge is -2.06. The third kappa shape index (κ3) is 4.01. The van der Waals surface area contributed by atoms with Crippen molar-refractivity contribution in [1.82, 2.24) is 4.72 Å². The molecular formula is C15H14N2O3S2. The van der Waals surface area contributed by atoms with E-state index in [-0.39, 0.29) is 17.2 Å². The summed E-state index contributed by atoms with van der Waals surface area (Å²) in [6.07, 6.45) is 0.521.